The number of methoxy groups -OCH3 is 1. The second-order valence-electron chi connectivity index (χ2n) is 9.24. The number of anilines is 1. The van der Waals surface area contributed by atoms with Crippen molar-refractivity contribution in [2.24, 2.45) is 5.92 Å². The fraction of sp³-hybridized carbons (Fsp3) is 0.321. The lowest BCUT2D eigenvalue weighted by atomic mass is 9.95. The molecule has 0 aliphatic carbocycles. The average molecular weight is 470 g/mol. The van der Waals surface area contributed by atoms with E-state index in [-0.39, 0.29) is 11.8 Å². The lowest BCUT2D eigenvalue weighted by Crippen LogP contribution is -2.40. The lowest BCUT2D eigenvalue weighted by Gasteiger charge is -2.32. The van der Waals surface area contributed by atoms with Crippen LogP contribution in [0.5, 0.6) is 5.75 Å². The molecule has 7 heteroatoms. The van der Waals surface area contributed by atoms with Crippen LogP contribution in [0.25, 0.3) is 16.8 Å². The molecule has 1 aliphatic heterocycles. The molecule has 1 N–H and O–H groups in total. The number of fused-ring (bicyclic) bond motifs is 1. The van der Waals surface area contributed by atoms with Crippen LogP contribution in [0.4, 0.5) is 5.82 Å². The van der Waals surface area contributed by atoms with Crippen LogP contribution in [0.15, 0.2) is 60.9 Å². The first-order chi connectivity index (χ1) is 17.0. The Labute approximate surface area is 205 Å². The lowest BCUT2D eigenvalue weighted by molar-refractivity contribution is -0.125. The summed E-state index contributed by atoms with van der Waals surface area (Å²) in [5.41, 5.74) is 6.63. The van der Waals surface area contributed by atoms with Gasteiger partial charge in [0, 0.05) is 43.5 Å². The summed E-state index contributed by atoms with van der Waals surface area (Å²) in [7, 11) is 1.65. The molecule has 0 unspecified atom stereocenters. The van der Waals surface area contributed by atoms with Crippen LogP contribution in [0.2, 0.25) is 0 Å². The van der Waals surface area contributed by atoms with Crippen molar-refractivity contribution in [3.05, 3.63) is 77.6 Å². The first kappa shape index (κ1) is 22.9. The second kappa shape index (κ2) is 9.78. The minimum atomic E-state index is 0.0141. The van der Waals surface area contributed by atoms with Crippen molar-refractivity contribution in [1.82, 2.24) is 19.9 Å². The Kier molecular flexibility index (Phi) is 6.40. The molecule has 35 heavy (non-hydrogen) atoms. The second-order valence-corrected chi connectivity index (χ2v) is 9.24. The molecular formula is C28H31N5O2. The zero-order valence-corrected chi connectivity index (χ0v) is 20.5. The molecule has 2 aromatic carbocycles. The number of aryl methyl sites for hydroxylation is 2. The number of rotatable bonds is 6. The molecule has 0 radical (unpaired) electrons. The van der Waals surface area contributed by atoms with E-state index in [2.05, 4.69) is 53.3 Å². The number of carbonyl (C=O) groups is 1. The molecule has 1 amide bonds. The largest absolute Gasteiger partial charge is 0.497 e. The predicted octanol–water partition coefficient (Wildman–Crippen LogP) is 4.55. The molecule has 4 aromatic rings. The van der Waals surface area contributed by atoms with E-state index in [0.717, 1.165) is 59.8 Å². The first-order valence-corrected chi connectivity index (χ1v) is 12.1. The van der Waals surface area contributed by atoms with Gasteiger partial charge in [0.25, 0.3) is 0 Å². The van der Waals surface area contributed by atoms with E-state index >= 15 is 0 Å². The van der Waals surface area contributed by atoms with Crippen molar-refractivity contribution < 1.29 is 9.53 Å². The molecule has 180 valence electrons. The van der Waals surface area contributed by atoms with E-state index in [9.17, 15) is 4.79 Å². The van der Waals surface area contributed by atoms with Crippen LogP contribution < -0.4 is 15.0 Å². The molecule has 5 rings (SSSR count). The van der Waals surface area contributed by atoms with E-state index in [1.807, 2.05) is 35.0 Å². The van der Waals surface area contributed by atoms with Gasteiger partial charge in [-0.3, -0.25) is 4.79 Å². The average Bonchev–Trinajstić information content (AvgIpc) is 3.34. The molecule has 0 spiro atoms. The number of hydrogen-bond acceptors (Lipinski definition) is 5. The number of ether oxygens (including phenoxy) is 1. The first-order valence-electron chi connectivity index (χ1n) is 12.1. The Balaban J connectivity index is 1.24. The van der Waals surface area contributed by atoms with Crippen LogP contribution in [0, 0.1) is 19.8 Å². The summed E-state index contributed by atoms with van der Waals surface area (Å²) in [5, 5.41) is 7.89. The van der Waals surface area contributed by atoms with Gasteiger partial charge in [0.1, 0.15) is 11.3 Å². The van der Waals surface area contributed by atoms with Crippen LogP contribution in [0.1, 0.15) is 29.5 Å². The predicted molar refractivity (Wildman–Crippen MR) is 138 cm³/mol. The van der Waals surface area contributed by atoms with Crippen LogP contribution >= 0.6 is 0 Å². The zero-order valence-electron chi connectivity index (χ0n) is 20.5. The molecule has 1 fully saturated rings. The van der Waals surface area contributed by atoms with Gasteiger partial charge in [0.2, 0.25) is 5.91 Å². The van der Waals surface area contributed by atoms with Crippen LogP contribution in [-0.2, 0) is 11.3 Å². The number of amides is 1. The summed E-state index contributed by atoms with van der Waals surface area (Å²) in [6.07, 6.45) is 5.29. The molecule has 2 aromatic heterocycles. The molecule has 1 aliphatic rings. The molecule has 0 saturated carbocycles. The monoisotopic (exact) mass is 469 g/mol. The summed E-state index contributed by atoms with van der Waals surface area (Å²) in [5.74, 6) is 1.87. The summed E-state index contributed by atoms with van der Waals surface area (Å²) < 4.78 is 7.10. The zero-order chi connectivity index (χ0) is 24.4. The third-order valence-corrected chi connectivity index (χ3v) is 6.96. The van der Waals surface area contributed by atoms with Crippen molar-refractivity contribution in [2.75, 3.05) is 25.1 Å². The molecule has 0 bridgehead atoms. The number of hydrogen-bond donors (Lipinski definition) is 1. The molecule has 7 nitrogen and oxygen atoms in total. The van der Waals surface area contributed by atoms with Gasteiger partial charge < -0.3 is 15.0 Å². The Morgan fingerprint density at radius 3 is 2.54 bits per heavy atom. The van der Waals surface area contributed by atoms with Gasteiger partial charge in [-0.25, -0.2) is 9.50 Å². The maximum absolute atomic E-state index is 12.8. The number of nitrogens with one attached hydrogen (secondary N) is 1. The van der Waals surface area contributed by atoms with Gasteiger partial charge in [-0.05, 0) is 67.6 Å². The summed E-state index contributed by atoms with van der Waals surface area (Å²) >= 11 is 0. The van der Waals surface area contributed by atoms with Crippen molar-refractivity contribution in [3.63, 3.8) is 0 Å². The standard InChI is InChI=1S/C28H31N5O2/c1-19-4-7-23(16-20(19)2)25-17-26-27(29-12-15-33(26)31-25)32-13-10-22(11-14-32)28(34)30-18-21-5-8-24(35-3)9-6-21/h4-9,12,15-17,22H,10-11,13-14,18H2,1-3H3,(H,30,34). The van der Waals surface area contributed by atoms with E-state index in [4.69, 9.17) is 9.84 Å². The fourth-order valence-corrected chi connectivity index (χ4v) is 4.62. The highest BCUT2D eigenvalue weighted by atomic mass is 16.5. The maximum Gasteiger partial charge on any atom is 0.223 e. The van der Waals surface area contributed by atoms with Crippen LogP contribution in [-0.4, -0.2) is 40.7 Å². The highest BCUT2D eigenvalue weighted by molar-refractivity contribution is 5.80. The summed E-state index contributed by atoms with van der Waals surface area (Å²) in [4.78, 5) is 19.7. The molecular weight excluding hydrogens is 438 g/mol. The van der Waals surface area contributed by atoms with Crippen molar-refractivity contribution in [3.8, 4) is 17.0 Å². The van der Waals surface area contributed by atoms with E-state index in [0.29, 0.717) is 6.54 Å². The minimum absolute atomic E-state index is 0.0141. The van der Waals surface area contributed by atoms with Gasteiger partial charge >= 0.3 is 0 Å². The third kappa shape index (κ3) is 4.85. The van der Waals surface area contributed by atoms with Crippen molar-refractivity contribution in [1.29, 1.82) is 0 Å². The molecule has 1 saturated heterocycles. The number of aromatic nitrogens is 3. The van der Waals surface area contributed by atoms with Gasteiger partial charge in [-0.15, -0.1) is 0 Å². The van der Waals surface area contributed by atoms with E-state index in [1.165, 1.54) is 11.1 Å². The smallest absolute Gasteiger partial charge is 0.223 e. The van der Waals surface area contributed by atoms with Gasteiger partial charge in [0.05, 0.1) is 12.8 Å². The van der Waals surface area contributed by atoms with E-state index in [1.54, 1.807) is 13.3 Å². The topological polar surface area (TPSA) is 71.8 Å². The number of carbonyl (C=O) groups excluding carboxylic acids is 1. The Morgan fingerprint density at radius 1 is 1.06 bits per heavy atom. The highest BCUT2D eigenvalue weighted by Crippen LogP contribution is 2.29. The number of piperidine rings is 1. The fourth-order valence-electron chi connectivity index (χ4n) is 4.62. The summed E-state index contributed by atoms with van der Waals surface area (Å²) in [6, 6.07) is 16.3. The van der Waals surface area contributed by atoms with Crippen molar-refractivity contribution in [2.45, 2.75) is 33.2 Å². The number of benzene rings is 2. The quantitative estimate of drug-likeness (QED) is 0.448. The highest BCUT2D eigenvalue weighted by Gasteiger charge is 2.26. The van der Waals surface area contributed by atoms with Gasteiger partial charge in [-0.1, -0.05) is 24.3 Å². The minimum Gasteiger partial charge on any atom is -0.497 e. The maximum atomic E-state index is 12.8. The third-order valence-electron chi connectivity index (χ3n) is 6.96. The van der Waals surface area contributed by atoms with E-state index < -0.39 is 0 Å². The Bertz CT molecular complexity index is 1340. The Morgan fingerprint density at radius 2 is 1.83 bits per heavy atom. The number of nitrogens with zero attached hydrogens (tertiary/aromatic N) is 4. The van der Waals surface area contributed by atoms with Crippen molar-refractivity contribution >= 4 is 17.2 Å². The van der Waals surface area contributed by atoms with Gasteiger partial charge in [-0.2, -0.15) is 5.10 Å². The Hall–Kier alpha value is -3.87. The normalized spacial score (nSPS) is 14.3. The molecule has 3 heterocycles. The van der Waals surface area contributed by atoms with Crippen LogP contribution in [0.3, 0.4) is 0 Å². The SMILES string of the molecule is COc1ccc(CNC(=O)C2CCN(c3nccn4nc(-c5ccc(C)c(C)c5)cc34)CC2)cc1. The summed E-state index contributed by atoms with van der Waals surface area (Å²) in [6.45, 7) is 6.35. The van der Waals surface area contributed by atoms with Gasteiger partial charge in [0.15, 0.2) is 5.82 Å². The molecule has 0 atom stereocenters.